The maximum absolute atomic E-state index is 12.6. The van der Waals surface area contributed by atoms with Crippen LogP contribution in [-0.2, 0) is 9.84 Å². The zero-order valence-corrected chi connectivity index (χ0v) is 18.1. The van der Waals surface area contributed by atoms with Gasteiger partial charge in [-0.15, -0.1) is 23.7 Å². The first-order valence-corrected chi connectivity index (χ1v) is 11.7. The molecule has 5 nitrogen and oxygen atoms in total. The number of sulfone groups is 1. The topological polar surface area (TPSA) is 61.4 Å². The lowest BCUT2D eigenvalue weighted by atomic mass is 10.2. The lowest BCUT2D eigenvalue weighted by molar-refractivity contribution is 0.588. The van der Waals surface area contributed by atoms with E-state index in [4.69, 9.17) is 0 Å². The molecular weight excluding hydrogens is 414 g/mol. The van der Waals surface area contributed by atoms with Gasteiger partial charge in [0.15, 0.2) is 9.84 Å². The molecule has 2 heterocycles. The molecule has 0 spiro atoms. The first kappa shape index (κ1) is 20.9. The molecule has 0 amide bonds. The Labute approximate surface area is 176 Å². The SMILES string of the molecule is CCS(=O)(=O)c1ccc(N2CCNCC2)cc1Nc1csc2ccccc12.Cl. The second-order valence-electron chi connectivity index (χ2n) is 6.59. The van der Waals surface area contributed by atoms with Crippen LogP contribution in [0, 0.1) is 0 Å². The number of hydrogen-bond acceptors (Lipinski definition) is 6. The van der Waals surface area contributed by atoms with Crippen molar-refractivity contribution in [2.75, 3.05) is 42.1 Å². The average Bonchev–Trinajstić information content (AvgIpc) is 3.11. The van der Waals surface area contributed by atoms with Gasteiger partial charge in [0.05, 0.1) is 22.0 Å². The summed E-state index contributed by atoms with van der Waals surface area (Å²) >= 11 is 1.65. The smallest absolute Gasteiger partial charge is 0.180 e. The van der Waals surface area contributed by atoms with Crippen molar-refractivity contribution in [1.29, 1.82) is 0 Å². The largest absolute Gasteiger partial charge is 0.369 e. The first-order chi connectivity index (χ1) is 13.1. The molecule has 1 aromatic heterocycles. The Balaban J connectivity index is 0.00000225. The standard InChI is InChI=1S/C20H23N3O2S2.ClH/c1-2-27(24,25)20-8-7-15(23-11-9-21-10-12-23)13-17(20)22-18-14-26-19-6-4-3-5-16(18)19;/h3-8,13-14,21-22H,2,9-12H2,1H3;1H. The molecule has 1 aliphatic rings. The Morgan fingerprint density at radius 1 is 1.11 bits per heavy atom. The molecule has 4 rings (SSSR count). The van der Waals surface area contributed by atoms with E-state index in [-0.39, 0.29) is 18.2 Å². The Hall–Kier alpha value is -1.80. The minimum atomic E-state index is -3.32. The molecule has 0 aliphatic carbocycles. The van der Waals surface area contributed by atoms with Crippen LogP contribution in [0.5, 0.6) is 0 Å². The van der Waals surface area contributed by atoms with Gasteiger partial charge in [0.25, 0.3) is 0 Å². The highest BCUT2D eigenvalue weighted by Gasteiger charge is 2.20. The minimum absolute atomic E-state index is 0. The van der Waals surface area contributed by atoms with Crippen LogP contribution >= 0.6 is 23.7 Å². The van der Waals surface area contributed by atoms with Crippen LogP contribution in [0.3, 0.4) is 0 Å². The summed E-state index contributed by atoms with van der Waals surface area (Å²) in [6.45, 7) is 5.39. The maximum Gasteiger partial charge on any atom is 0.180 e. The zero-order chi connectivity index (χ0) is 18.9. The van der Waals surface area contributed by atoms with Gasteiger partial charge in [-0.05, 0) is 24.3 Å². The molecule has 1 aliphatic heterocycles. The number of piperazine rings is 1. The van der Waals surface area contributed by atoms with Crippen LogP contribution in [0.2, 0.25) is 0 Å². The number of halogens is 1. The quantitative estimate of drug-likeness (QED) is 0.624. The molecule has 0 bridgehead atoms. The number of thiophene rings is 1. The summed E-state index contributed by atoms with van der Waals surface area (Å²) in [6.07, 6.45) is 0. The number of nitrogens with one attached hydrogen (secondary N) is 2. The number of rotatable bonds is 5. The molecule has 0 atom stereocenters. The number of hydrogen-bond donors (Lipinski definition) is 2. The molecule has 0 radical (unpaired) electrons. The zero-order valence-electron chi connectivity index (χ0n) is 15.6. The molecule has 2 N–H and O–H groups in total. The van der Waals surface area contributed by atoms with Gasteiger partial charge in [0.1, 0.15) is 0 Å². The third kappa shape index (κ3) is 4.12. The number of benzene rings is 2. The third-order valence-corrected chi connectivity index (χ3v) is 7.66. The summed E-state index contributed by atoms with van der Waals surface area (Å²) in [5.41, 5.74) is 2.64. The van der Waals surface area contributed by atoms with E-state index in [0.29, 0.717) is 10.6 Å². The predicted octanol–water partition coefficient (Wildman–Crippen LogP) is 4.27. The molecule has 0 saturated carbocycles. The van der Waals surface area contributed by atoms with Gasteiger partial charge >= 0.3 is 0 Å². The van der Waals surface area contributed by atoms with Gasteiger partial charge in [-0.1, -0.05) is 25.1 Å². The Kier molecular flexibility index (Phi) is 6.50. The molecular formula is C20H24ClN3O2S2. The third-order valence-electron chi connectivity index (χ3n) is 4.91. The molecule has 8 heteroatoms. The van der Waals surface area contributed by atoms with Gasteiger partial charge in [-0.3, -0.25) is 0 Å². The fourth-order valence-electron chi connectivity index (χ4n) is 3.38. The monoisotopic (exact) mass is 437 g/mol. The molecule has 0 unspecified atom stereocenters. The molecule has 28 heavy (non-hydrogen) atoms. The normalized spacial score (nSPS) is 14.7. The Morgan fingerprint density at radius 3 is 2.61 bits per heavy atom. The van der Waals surface area contributed by atoms with E-state index in [1.54, 1.807) is 24.3 Å². The van der Waals surface area contributed by atoms with E-state index >= 15 is 0 Å². The highest BCUT2D eigenvalue weighted by atomic mass is 35.5. The number of anilines is 3. The summed E-state index contributed by atoms with van der Waals surface area (Å²) in [6, 6.07) is 13.8. The summed E-state index contributed by atoms with van der Waals surface area (Å²) in [5, 5.41) is 9.91. The van der Waals surface area contributed by atoms with E-state index in [0.717, 1.165) is 42.9 Å². The second kappa shape index (κ2) is 8.69. The van der Waals surface area contributed by atoms with E-state index in [2.05, 4.69) is 27.7 Å². The van der Waals surface area contributed by atoms with Crippen molar-refractivity contribution >= 4 is 60.7 Å². The lowest BCUT2D eigenvalue weighted by Gasteiger charge is -2.30. The number of nitrogens with zero attached hydrogens (tertiary/aromatic N) is 1. The van der Waals surface area contributed by atoms with Gasteiger partial charge in [0.2, 0.25) is 0 Å². The van der Waals surface area contributed by atoms with E-state index in [1.165, 1.54) is 4.70 Å². The van der Waals surface area contributed by atoms with Gasteiger partial charge in [-0.25, -0.2) is 8.42 Å². The van der Waals surface area contributed by atoms with Crippen molar-refractivity contribution < 1.29 is 8.42 Å². The van der Waals surface area contributed by atoms with E-state index in [1.807, 2.05) is 29.6 Å². The molecule has 150 valence electrons. The summed E-state index contributed by atoms with van der Waals surface area (Å²) in [7, 11) is -3.32. The number of fused-ring (bicyclic) bond motifs is 1. The van der Waals surface area contributed by atoms with Crippen molar-refractivity contribution in [3.05, 3.63) is 47.8 Å². The predicted molar refractivity (Wildman–Crippen MR) is 122 cm³/mol. The molecule has 1 fully saturated rings. The van der Waals surface area contributed by atoms with Crippen LogP contribution < -0.4 is 15.5 Å². The van der Waals surface area contributed by atoms with E-state index in [9.17, 15) is 8.42 Å². The lowest BCUT2D eigenvalue weighted by Crippen LogP contribution is -2.43. The van der Waals surface area contributed by atoms with Gasteiger partial charge in [-0.2, -0.15) is 0 Å². The van der Waals surface area contributed by atoms with Crippen molar-refractivity contribution in [1.82, 2.24) is 5.32 Å². The molecule has 1 saturated heterocycles. The fourth-order valence-corrected chi connectivity index (χ4v) is 5.31. The van der Waals surface area contributed by atoms with Crippen LogP contribution in [0.1, 0.15) is 6.92 Å². The Bertz CT molecular complexity index is 1060. The first-order valence-electron chi connectivity index (χ1n) is 9.14. The van der Waals surface area contributed by atoms with Gasteiger partial charge in [0, 0.05) is 47.3 Å². The van der Waals surface area contributed by atoms with Crippen LogP contribution in [-0.4, -0.2) is 40.3 Å². The van der Waals surface area contributed by atoms with Crippen molar-refractivity contribution in [3.63, 3.8) is 0 Å². The average molecular weight is 438 g/mol. The van der Waals surface area contributed by atoms with Gasteiger partial charge < -0.3 is 15.5 Å². The summed E-state index contributed by atoms with van der Waals surface area (Å²) < 4.78 is 26.5. The van der Waals surface area contributed by atoms with Crippen LogP contribution in [0.25, 0.3) is 10.1 Å². The van der Waals surface area contributed by atoms with Crippen molar-refractivity contribution in [2.24, 2.45) is 0 Å². The molecule has 3 aromatic rings. The van der Waals surface area contributed by atoms with Crippen LogP contribution in [0.15, 0.2) is 52.7 Å². The highest BCUT2D eigenvalue weighted by molar-refractivity contribution is 7.91. The van der Waals surface area contributed by atoms with Crippen molar-refractivity contribution in [2.45, 2.75) is 11.8 Å². The molecule has 2 aromatic carbocycles. The van der Waals surface area contributed by atoms with Crippen molar-refractivity contribution in [3.8, 4) is 0 Å². The highest BCUT2D eigenvalue weighted by Crippen LogP contribution is 2.36. The van der Waals surface area contributed by atoms with Crippen LogP contribution in [0.4, 0.5) is 17.1 Å². The summed E-state index contributed by atoms with van der Waals surface area (Å²) in [4.78, 5) is 2.65. The van der Waals surface area contributed by atoms with E-state index < -0.39 is 9.84 Å². The maximum atomic E-state index is 12.6. The minimum Gasteiger partial charge on any atom is -0.369 e. The Morgan fingerprint density at radius 2 is 1.86 bits per heavy atom. The summed E-state index contributed by atoms with van der Waals surface area (Å²) in [5.74, 6) is 0.0824. The fraction of sp³-hybridized carbons (Fsp3) is 0.300. The second-order valence-corrected chi connectivity index (χ2v) is 9.75.